The van der Waals surface area contributed by atoms with Gasteiger partial charge in [-0.2, -0.15) is 0 Å². The average molecular weight is 325 g/mol. The van der Waals surface area contributed by atoms with Crippen LogP contribution in [0.3, 0.4) is 0 Å². The first-order valence-electron chi connectivity index (χ1n) is 7.73. The molecule has 1 amide bonds. The highest BCUT2D eigenvalue weighted by atomic mass is 32.1. The maximum Gasteiger partial charge on any atom is 0.220 e. The van der Waals surface area contributed by atoms with Crippen LogP contribution in [-0.4, -0.2) is 5.91 Å². The van der Waals surface area contributed by atoms with Gasteiger partial charge in [0.2, 0.25) is 5.91 Å². The molecule has 0 aliphatic heterocycles. The van der Waals surface area contributed by atoms with E-state index >= 15 is 0 Å². The van der Waals surface area contributed by atoms with E-state index in [2.05, 4.69) is 28.9 Å². The highest BCUT2D eigenvalue weighted by Crippen LogP contribution is 2.25. The molecule has 2 heterocycles. The number of furan rings is 1. The van der Waals surface area contributed by atoms with Gasteiger partial charge in [-0.15, -0.1) is 11.3 Å². The number of aryl methyl sites for hydroxylation is 1. The molecular formula is C19H19NO2S. The van der Waals surface area contributed by atoms with Crippen LogP contribution in [0.4, 0.5) is 0 Å². The zero-order valence-electron chi connectivity index (χ0n) is 12.8. The SMILES string of the molecule is O=C(CCCc1ccccc1)NCc1cc(-c2ccco2)cs1. The highest BCUT2D eigenvalue weighted by molar-refractivity contribution is 7.10. The fourth-order valence-corrected chi connectivity index (χ4v) is 3.23. The summed E-state index contributed by atoms with van der Waals surface area (Å²) in [5, 5.41) is 5.04. The number of carbonyl (C=O) groups excluding carboxylic acids is 1. The second-order valence-corrected chi connectivity index (χ2v) is 6.39. The van der Waals surface area contributed by atoms with E-state index in [9.17, 15) is 4.79 Å². The zero-order chi connectivity index (χ0) is 15.9. The summed E-state index contributed by atoms with van der Waals surface area (Å²) in [6, 6.07) is 16.1. The van der Waals surface area contributed by atoms with Crippen LogP contribution in [0.2, 0.25) is 0 Å². The van der Waals surface area contributed by atoms with Gasteiger partial charge in [0.1, 0.15) is 5.76 Å². The Bertz CT molecular complexity index is 732. The normalized spacial score (nSPS) is 10.6. The van der Waals surface area contributed by atoms with Gasteiger partial charge in [-0.1, -0.05) is 30.3 Å². The van der Waals surface area contributed by atoms with Gasteiger partial charge in [0.15, 0.2) is 0 Å². The van der Waals surface area contributed by atoms with Gasteiger partial charge in [0, 0.05) is 22.2 Å². The quantitative estimate of drug-likeness (QED) is 0.687. The molecule has 3 nitrogen and oxygen atoms in total. The second kappa shape index (κ2) is 7.79. The van der Waals surface area contributed by atoms with Crippen molar-refractivity contribution in [2.75, 3.05) is 0 Å². The Labute approximate surface area is 140 Å². The van der Waals surface area contributed by atoms with Gasteiger partial charge in [-0.25, -0.2) is 0 Å². The third kappa shape index (κ3) is 4.57. The fraction of sp³-hybridized carbons (Fsp3) is 0.211. The standard InChI is InChI=1S/C19H19NO2S/c21-19(10-4-8-15-6-2-1-3-7-15)20-13-17-12-16(14-23-17)18-9-5-11-22-18/h1-3,5-7,9,11-12,14H,4,8,10,13H2,(H,20,21). The van der Waals surface area contributed by atoms with Gasteiger partial charge in [-0.3, -0.25) is 4.79 Å². The predicted octanol–water partition coefficient (Wildman–Crippen LogP) is 4.65. The van der Waals surface area contributed by atoms with Crippen molar-refractivity contribution in [3.63, 3.8) is 0 Å². The second-order valence-electron chi connectivity index (χ2n) is 5.39. The topological polar surface area (TPSA) is 42.2 Å². The van der Waals surface area contributed by atoms with Crippen LogP contribution in [0.25, 0.3) is 11.3 Å². The van der Waals surface area contributed by atoms with Crippen LogP contribution in [-0.2, 0) is 17.8 Å². The first kappa shape index (κ1) is 15.6. The van der Waals surface area contributed by atoms with E-state index in [4.69, 9.17) is 4.42 Å². The largest absolute Gasteiger partial charge is 0.464 e. The summed E-state index contributed by atoms with van der Waals surface area (Å²) in [5.41, 5.74) is 2.34. The van der Waals surface area contributed by atoms with E-state index in [0.29, 0.717) is 13.0 Å². The maximum atomic E-state index is 11.9. The number of thiophene rings is 1. The molecule has 0 spiro atoms. The van der Waals surface area contributed by atoms with Crippen molar-refractivity contribution in [3.8, 4) is 11.3 Å². The summed E-state index contributed by atoms with van der Waals surface area (Å²) in [6.07, 6.45) is 4.04. The van der Waals surface area contributed by atoms with Crippen molar-refractivity contribution in [2.24, 2.45) is 0 Å². The summed E-state index contributed by atoms with van der Waals surface area (Å²) < 4.78 is 5.37. The first-order chi connectivity index (χ1) is 11.3. The van der Waals surface area contributed by atoms with E-state index in [-0.39, 0.29) is 5.91 Å². The molecule has 0 saturated carbocycles. The number of benzene rings is 1. The van der Waals surface area contributed by atoms with E-state index in [1.807, 2.05) is 30.3 Å². The minimum Gasteiger partial charge on any atom is -0.464 e. The molecule has 2 aromatic heterocycles. The Morgan fingerprint density at radius 2 is 2.00 bits per heavy atom. The molecular weight excluding hydrogens is 306 g/mol. The number of rotatable bonds is 7. The molecule has 0 bridgehead atoms. The fourth-order valence-electron chi connectivity index (χ4n) is 2.42. The molecule has 0 radical (unpaired) electrons. The van der Waals surface area contributed by atoms with Crippen molar-refractivity contribution in [1.82, 2.24) is 5.32 Å². The van der Waals surface area contributed by atoms with E-state index in [1.165, 1.54) is 5.56 Å². The van der Waals surface area contributed by atoms with Gasteiger partial charge in [-0.05, 0) is 36.6 Å². The molecule has 0 aliphatic carbocycles. The maximum absolute atomic E-state index is 11.9. The minimum atomic E-state index is 0.105. The molecule has 1 aromatic carbocycles. The lowest BCUT2D eigenvalue weighted by Crippen LogP contribution is -2.21. The lowest BCUT2D eigenvalue weighted by atomic mass is 10.1. The molecule has 0 saturated heterocycles. The summed E-state index contributed by atoms with van der Waals surface area (Å²) in [6.45, 7) is 0.579. The molecule has 118 valence electrons. The molecule has 0 atom stereocenters. The van der Waals surface area contributed by atoms with Crippen molar-refractivity contribution < 1.29 is 9.21 Å². The van der Waals surface area contributed by atoms with E-state index in [1.54, 1.807) is 17.6 Å². The number of nitrogens with one attached hydrogen (secondary N) is 1. The van der Waals surface area contributed by atoms with Crippen molar-refractivity contribution in [2.45, 2.75) is 25.8 Å². The lowest BCUT2D eigenvalue weighted by molar-refractivity contribution is -0.121. The molecule has 23 heavy (non-hydrogen) atoms. The van der Waals surface area contributed by atoms with E-state index < -0.39 is 0 Å². The van der Waals surface area contributed by atoms with Gasteiger partial charge >= 0.3 is 0 Å². The average Bonchev–Trinajstić information content (AvgIpc) is 3.25. The minimum absolute atomic E-state index is 0.105. The molecule has 0 aliphatic rings. The Kier molecular flexibility index (Phi) is 5.27. The third-order valence-electron chi connectivity index (χ3n) is 3.63. The number of hydrogen-bond donors (Lipinski definition) is 1. The molecule has 4 heteroatoms. The Morgan fingerprint density at radius 3 is 2.78 bits per heavy atom. The number of carbonyl (C=O) groups is 1. The van der Waals surface area contributed by atoms with Crippen LogP contribution < -0.4 is 5.32 Å². The molecule has 1 N–H and O–H groups in total. The van der Waals surface area contributed by atoms with Crippen LogP contribution in [0, 0.1) is 0 Å². The summed E-state index contributed by atoms with van der Waals surface area (Å²) in [7, 11) is 0. The van der Waals surface area contributed by atoms with E-state index in [0.717, 1.165) is 29.0 Å². The lowest BCUT2D eigenvalue weighted by Gasteiger charge is -2.04. The molecule has 3 aromatic rings. The summed E-state index contributed by atoms with van der Waals surface area (Å²) in [5.74, 6) is 0.968. The Balaban J connectivity index is 1.41. The summed E-state index contributed by atoms with van der Waals surface area (Å²) >= 11 is 1.64. The van der Waals surface area contributed by atoms with Gasteiger partial charge in [0.05, 0.1) is 12.8 Å². The van der Waals surface area contributed by atoms with Crippen LogP contribution >= 0.6 is 11.3 Å². The third-order valence-corrected chi connectivity index (χ3v) is 4.57. The van der Waals surface area contributed by atoms with Gasteiger partial charge < -0.3 is 9.73 Å². The molecule has 0 fully saturated rings. The summed E-state index contributed by atoms with van der Waals surface area (Å²) in [4.78, 5) is 13.0. The predicted molar refractivity (Wildman–Crippen MR) is 93.2 cm³/mol. The van der Waals surface area contributed by atoms with Crippen LogP contribution in [0.5, 0.6) is 0 Å². The number of hydrogen-bond acceptors (Lipinski definition) is 3. The van der Waals surface area contributed by atoms with Crippen molar-refractivity contribution >= 4 is 17.2 Å². The van der Waals surface area contributed by atoms with Crippen molar-refractivity contribution in [3.05, 3.63) is 70.6 Å². The Morgan fingerprint density at radius 1 is 1.13 bits per heavy atom. The Hall–Kier alpha value is -2.33. The highest BCUT2D eigenvalue weighted by Gasteiger charge is 2.06. The number of amides is 1. The molecule has 0 unspecified atom stereocenters. The zero-order valence-corrected chi connectivity index (χ0v) is 13.6. The monoisotopic (exact) mass is 325 g/mol. The first-order valence-corrected chi connectivity index (χ1v) is 8.61. The van der Waals surface area contributed by atoms with Gasteiger partial charge in [0.25, 0.3) is 0 Å². The van der Waals surface area contributed by atoms with Crippen LogP contribution in [0.1, 0.15) is 23.3 Å². The smallest absolute Gasteiger partial charge is 0.220 e. The van der Waals surface area contributed by atoms with Crippen LogP contribution in [0.15, 0.2) is 64.6 Å². The van der Waals surface area contributed by atoms with Crippen molar-refractivity contribution in [1.29, 1.82) is 0 Å². The molecule has 3 rings (SSSR count).